The van der Waals surface area contributed by atoms with Crippen LogP contribution in [0.1, 0.15) is 10.4 Å². The van der Waals surface area contributed by atoms with E-state index in [1.807, 2.05) is 0 Å². The quantitative estimate of drug-likeness (QED) is 0.375. The van der Waals surface area contributed by atoms with Gasteiger partial charge in [-0.2, -0.15) is 0 Å². The molecule has 5 nitrogen and oxygen atoms in total. The predicted octanol–water partition coefficient (Wildman–Crippen LogP) is 1.52. The number of carboxylic acid groups (broad SMARTS) is 1. The monoisotopic (exact) mass is 241 g/mol. The molecule has 0 aliphatic heterocycles. The van der Waals surface area contributed by atoms with Crippen LogP contribution in [0.25, 0.3) is 0 Å². The summed E-state index contributed by atoms with van der Waals surface area (Å²) in [7, 11) is 0. The largest absolute Gasteiger partial charge is 0.480 e. The van der Waals surface area contributed by atoms with Crippen LogP contribution in [0.2, 0.25) is 0 Å². The van der Waals surface area contributed by atoms with E-state index in [1.54, 1.807) is 30.3 Å². The topological polar surface area (TPSA) is 76.0 Å². The number of oxime groups is 1. The zero-order valence-corrected chi connectivity index (χ0v) is 8.79. The predicted molar refractivity (Wildman–Crippen MR) is 57.6 cm³/mol. The summed E-state index contributed by atoms with van der Waals surface area (Å²) in [4.78, 5) is 26.0. The first kappa shape index (κ1) is 12.2. The molecule has 6 heteroatoms. The lowest BCUT2D eigenvalue weighted by Gasteiger charge is -1.97. The molecule has 1 unspecified atom stereocenters. The first-order valence-electron chi connectivity index (χ1n) is 4.28. The first-order valence-corrected chi connectivity index (χ1v) is 4.71. The van der Waals surface area contributed by atoms with Crippen molar-refractivity contribution in [2.45, 2.75) is 5.38 Å². The van der Waals surface area contributed by atoms with E-state index in [4.69, 9.17) is 16.7 Å². The smallest absolute Gasteiger partial charge is 0.365 e. The molecule has 1 aromatic rings. The highest BCUT2D eigenvalue weighted by Gasteiger charge is 2.11. The number of nitrogens with zero attached hydrogens (tertiary/aromatic N) is 1. The zero-order chi connectivity index (χ0) is 12.0. The maximum Gasteiger partial charge on any atom is 0.365 e. The van der Waals surface area contributed by atoms with Crippen molar-refractivity contribution in [3.8, 4) is 0 Å². The number of aliphatic carboxylic acids is 1. The molecular formula is C10H8ClNO4. The molecule has 0 bridgehead atoms. The Labute approximate surface area is 96.3 Å². The van der Waals surface area contributed by atoms with Crippen LogP contribution in [0.4, 0.5) is 0 Å². The lowest BCUT2D eigenvalue weighted by atomic mass is 10.2. The molecular weight excluding hydrogens is 234 g/mol. The van der Waals surface area contributed by atoms with Crippen LogP contribution in [0.15, 0.2) is 35.5 Å². The van der Waals surface area contributed by atoms with Crippen LogP contribution in [-0.4, -0.2) is 28.6 Å². The molecule has 1 N–H and O–H groups in total. The van der Waals surface area contributed by atoms with E-state index in [9.17, 15) is 9.59 Å². The number of hydrogen-bond donors (Lipinski definition) is 1. The second-order valence-electron chi connectivity index (χ2n) is 2.74. The third-order valence-corrected chi connectivity index (χ3v) is 1.87. The Balaban J connectivity index is 2.51. The Kier molecular flexibility index (Phi) is 4.47. The Hall–Kier alpha value is -1.88. The highest BCUT2D eigenvalue weighted by atomic mass is 35.5. The summed E-state index contributed by atoms with van der Waals surface area (Å²) in [5, 5.41) is 10.3. The third kappa shape index (κ3) is 3.70. The van der Waals surface area contributed by atoms with E-state index < -0.39 is 17.3 Å². The number of hydrogen-bond acceptors (Lipinski definition) is 4. The Morgan fingerprint density at radius 1 is 1.38 bits per heavy atom. The van der Waals surface area contributed by atoms with Gasteiger partial charge in [-0.3, -0.25) is 4.79 Å². The average Bonchev–Trinajstić information content (AvgIpc) is 2.29. The van der Waals surface area contributed by atoms with E-state index >= 15 is 0 Å². The van der Waals surface area contributed by atoms with E-state index in [2.05, 4.69) is 9.99 Å². The van der Waals surface area contributed by atoms with Gasteiger partial charge in [0.15, 0.2) is 5.38 Å². The summed E-state index contributed by atoms with van der Waals surface area (Å²) in [6.07, 6.45) is 0.824. The molecule has 0 heterocycles. The molecule has 0 radical (unpaired) electrons. The summed E-state index contributed by atoms with van der Waals surface area (Å²) in [6.45, 7) is 0. The second kappa shape index (κ2) is 5.87. The molecule has 1 atom stereocenters. The molecule has 0 spiro atoms. The van der Waals surface area contributed by atoms with Crippen LogP contribution >= 0.6 is 11.6 Å². The van der Waals surface area contributed by atoms with Crippen molar-refractivity contribution in [2.24, 2.45) is 5.16 Å². The number of carboxylic acids is 1. The third-order valence-electron chi connectivity index (χ3n) is 1.57. The van der Waals surface area contributed by atoms with Crippen molar-refractivity contribution < 1.29 is 19.5 Å². The maximum atomic E-state index is 11.3. The van der Waals surface area contributed by atoms with Gasteiger partial charge in [-0.1, -0.05) is 23.4 Å². The fourth-order valence-electron chi connectivity index (χ4n) is 0.822. The van der Waals surface area contributed by atoms with Crippen LogP contribution in [0.5, 0.6) is 0 Å². The van der Waals surface area contributed by atoms with Crippen LogP contribution < -0.4 is 0 Å². The zero-order valence-electron chi connectivity index (χ0n) is 8.04. The van der Waals surface area contributed by atoms with Gasteiger partial charge < -0.3 is 9.94 Å². The van der Waals surface area contributed by atoms with Gasteiger partial charge in [0, 0.05) is 0 Å². The van der Waals surface area contributed by atoms with Crippen molar-refractivity contribution >= 4 is 29.8 Å². The minimum atomic E-state index is -1.32. The summed E-state index contributed by atoms with van der Waals surface area (Å²) in [5.41, 5.74) is 0.320. The van der Waals surface area contributed by atoms with Gasteiger partial charge in [0.1, 0.15) is 0 Å². The van der Waals surface area contributed by atoms with Gasteiger partial charge in [-0.25, -0.2) is 4.79 Å². The van der Waals surface area contributed by atoms with E-state index in [1.165, 1.54) is 0 Å². The van der Waals surface area contributed by atoms with Gasteiger partial charge in [0.25, 0.3) is 0 Å². The summed E-state index contributed by atoms with van der Waals surface area (Å²) in [5.74, 6) is -1.94. The lowest BCUT2D eigenvalue weighted by Crippen LogP contribution is -2.14. The summed E-state index contributed by atoms with van der Waals surface area (Å²) in [6, 6.07) is 8.18. The Morgan fingerprint density at radius 2 is 2.00 bits per heavy atom. The first-order chi connectivity index (χ1) is 7.61. The van der Waals surface area contributed by atoms with Crippen LogP contribution in [0, 0.1) is 0 Å². The minimum Gasteiger partial charge on any atom is -0.480 e. The fraction of sp³-hybridized carbons (Fsp3) is 0.100. The van der Waals surface area contributed by atoms with Crippen LogP contribution in [0.3, 0.4) is 0 Å². The van der Waals surface area contributed by atoms with Crippen molar-refractivity contribution in [2.75, 3.05) is 0 Å². The Morgan fingerprint density at radius 3 is 2.56 bits per heavy atom. The van der Waals surface area contributed by atoms with E-state index in [0.717, 1.165) is 6.21 Å². The number of carbonyl (C=O) groups is 2. The van der Waals surface area contributed by atoms with Gasteiger partial charge >= 0.3 is 11.9 Å². The highest BCUT2D eigenvalue weighted by Crippen LogP contribution is 2.01. The van der Waals surface area contributed by atoms with Gasteiger partial charge in [-0.15, -0.1) is 11.6 Å². The number of alkyl halides is 1. The molecule has 0 aliphatic rings. The van der Waals surface area contributed by atoms with Gasteiger partial charge in [-0.05, 0) is 12.1 Å². The lowest BCUT2D eigenvalue weighted by molar-refractivity contribution is -0.135. The second-order valence-corrected chi connectivity index (χ2v) is 3.21. The maximum absolute atomic E-state index is 11.3. The van der Waals surface area contributed by atoms with Crippen LogP contribution in [-0.2, 0) is 9.63 Å². The van der Waals surface area contributed by atoms with Crippen molar-refractivity contribution in [1.82, 2.24) is 0 Å². The molecule has 0 fully saturated rings. The number of halogens is 1. The molecule has 16 heavy (non-hydrogen) atoms. The van der Waals surface area contributed by atoms with Gasteiger partial charge in [0.05, 0.1) is 11.8 Å². The SMILES string of the molecule is O=C(ON=CC(Cl)C(=O)O)c1ccccc1. The average molecular weight is 242 g/mol. The molecule has 84 valence electrons. The fourth-order valence-corrected chi connectivity index (χ4v) is 0.868. The molecule has 1 aromatic carbocycles. The summed E-state index contributed by atoms with van der Waals surface area (Å²) < 4.78 is 0. The van der Waals surface area contributed by atoms with Gasteiger partial charge in [0.2, 0.25) is 0 Å². The number of carbonyl (C=O) groups excluding carboxylic acids is 1. The summed E-state index contributed by atoms with van der Waals surface area (Å²) >= 11 is 5.31. The Bertz CT molecular complexity index is 405. The normalized spacial score (nSPS) is 12.3. The molecule has 0 amide bonds. The number of rotatable bonds is 4. The minimum absolute atomic E-state index is 0.320. The highest BCUT2D eigenvalue weighted by molar-refractivity contribution is 6.37. The molecule has 0 saturated heterocycles. The number of benzene rings is 1. The van der Waals surface area contributed by atoms with E-state index in [0.29, 0.717) is 5.56 Å². The molecule has 0 aliphatic carbocycles. The van der Waals surface area contributed by atoms with Crippen molar-refractivity contribution in [1.29, 1.82) is 0 Å². The molecule has 0 saturated carbocycles. The molecule has 0 aromatic heterocycles. The standard InChI is InChI=1S/C10H8ClNO4/c11-8(9(13)14)6-12-16-10(15)7-4-2-1-3-5-7/h1-6,8H,(H,13,14). The van der Waals surface area contributed by atoms with E-state index in [-0.39, 0.29) is 0 Å². The van der Waals surface area contributed by atoms with Crippen molar-refractivity contribution in [3.05, 3.63) is 35.9 Å². The van der Waals surface area contributed by atoms with Crippen molar-refractivity contribution in [3.63, 3.8) is 0 Å². The molecule has 1 rings (SSSR count).